The fourth-order valence-corrected chi connectivity index (χ4v) is 2.61. The normalized spacial score (nSPS) is 12.4. The molecule has 1 atom stereocenters. The van der Waals surface area contributed by atoms with E-state index in [2.05, 4.69) is 15.3 Å². The highest BCUT2D eigenvalue weighted by Crippen LogP contribution is 2.28. The van der Waals surface area contributed by atoms with E-state index >= 15 is 0 Å². The van der Waals surface area contributed by atoms with Crippen LogP contribution in [0.4, 0.5) is 5.82 Å². The first kappa shape index (κ1) is 15.7. The molecule has 0 amide bonds. The van der Waals surface area contributed by atoms with Crippen molar-refractivity contribution in [2.75, 3.05) is 11.9 Å². The van der Waals surface area contributed by atoms with Gasteiger partial charge in [-0.25, -0.2) is 9.97 Å². The second-order valence-electron chi connectivity index (χ2n) is 5.30. The van der Waals surface area contributed by atoms with Gasteiger partial charge in [-0.05, 0) is 17.9 Å². The molecule has 1 heterocycles. The minimum atomic E-state index is -0.115. The van der Waals surface area contributed by atoms with Crippen LogP contribution in [0.25, 0.3) is 0 Å². The maximum Gasteiger partial charge on any atom is 0.138 e. The third-order valence-corrected chi connectivity index (χ3v) is 3.60. The zero-order valence-corrected chi connectivity index (χ0v) is 13.0. The molecule has 5 heteroatoms. The zero-order chi connectivity index (χ0) is 15.2. The van der Waals surface area contributed by atoms with Gasteiger partial charge in [-0.1, -0.05) is 55.8 Å². The molecule has 2 N–H and O–H groups in total. The SMILES string of the molecule is CC(C)c1c(Cl)ncnc1NC(CO)Cc1ccccc1. The van der Waals surface area contributed by atoms with Crippen LogP contribution in [0, 0.1) is 0 Å². The minimum Gasteiger partial charge on any atom is -0.394 e. The molecule has 0 aliphatic carbocycles. The van der Waals surface area contributed by atoms with Crippen LogP contribution in [0.5, 0.6) is 0 Å². The Morgan fingerprint density at radius 2 is 1.90 bits per heavy atom. The summed E-state index contributed by atoms with van der Waals surface area (Å²) in [6.45, 7) is 4.11. The highest BCUT2D eigenvalue weighted by Gasteiger charge is 2.17. The van der Waals surface area contributed by atoms with Gasteiger partial charge in [0.2, 0.25) is 0 Å². The van der Waals surface area contributed by atoms with E-state index in [1.165, 1.54) is 6.33 Å². The highest BCUT2D eigenvalue weighted by molar-refractivity contribution is 6.30. The number of hydrogen-bond acceptors (Lipinski definition) is 4. The lowest BCUT2D eigenvalue weighted by Crippen LogP contribution is -2.27. The zero-order valence-electron chi connectivity index (χ0n) is 12.3. The number of aromatic nitrogens is 2. The van der Waals surface area contributed by atoms with Gasteiger partial charge in [0.25, 0.3) is 0 Å². The second-order valence-corrected chi connectivity index (χ2v) is 5.65. The summed E-state index contributed by atoms with van der Waals surface area (Å²) in [5.74, 6) is 0.900. The molecule has 112 valence electrons. The van der Waals surface area contributed by atoms with Crippen molar-refractivity contribution in [3.8, 4) is 0 Å². The quantitative estimate of drug-likeness (QED) is 0.804. The van der Waals surface area contributed by atoms with Gasteiger partial charge in [0.15, 0.2) is 0 Å². The summed E-state index contributed by atoms with van der Waals surface area (Å²) in [6, 6.07) is 9.93. The van der Waals surface area contributed by atoms with Gasteiger partial charge in [0.1, 0.15) is 17.3 Å². The Morgan fingerprint density at radius 3 is 2.52 bits per heavy atom. The molecule has 21 heavy (non-hydrogen) atoms. The number of anilines is 1. The van der Waals surface area contributed by atoms with Gasteiger partial charge in [-0.2, -0.15) is 0 Å². The predicted octanol–water partition coefficient (Wildman–Crippen LogP) is 3.27. The molecule has 0 saturated carbocycles. The van der Waals surface area contributed by atoms with Crippen LogP contribution in [-0.4, -0.2) is 27.7 Å². The van der Waals surface area contributed by atoms with Gasteiger partial charge in [0.05, 0.1) is 12.6 Å². The van der Waals surface area contributed by atoms with Crippen molar-refractivity contribution in [3.05, 3.63) is 52.9 Å². The fraction of sp³-hybridized carbons (Fsp3) is 0.375. The standard InChI is InChI=1S/C16H20ClN3O/c1-11(2)14-15(17)18-10-19-16(14)20-13(9-21)8-12-6-4-3-5-7-12/h3-7,10-11,13,21H,8-9H2,1-2H3,(H,18,19,20). The third kappa shape index (κ3) is 4.16. The number of halogens is 1. The molecular formula is C16H20ClN3O. The molecule has 1 aromatic carbocycles. The fourth-order valence-electron chi connectivity index (χ4n) is 2.25. The molecule has 4 nitrogen and oxygen atoms in total. The molecule has 0 aliphatic rings. The molecule has 1 aromatic heterocycles. The van der Waals surface area contributed by atoms with E-state index < -0.39 is 0 Å². The summed E-state index contributed by atoms with van der Waals surface area (Å²) < 4.78 is 0. The van der Waals surface area contributed by atoms with E-state index in [9.17, 15) is 5.11 Å². The lowest BCUT2D eigenvalue weighted by molar-refractivity contribution is 0.273. The number of aliphatic hydroxyl groups excluding tert-OH is 1. The molecule has 2 aromatic rings. The van der Waals surface area contributed by atoms with Crippen molar-refractivity contribution >= 4 is 17.4 Å². The molecule has 0 spiro atoms. The lowest BCUT2D eigenvalue weighted by Gasteiger charge is -2.20. The Kier molecular flexibility index (Phi) is 5.53. The number of nitrogens with one attached hydrogen (secondary N) is 1. The highest BCUT2D eigenvalue weighted by atomic mass is 35.5. The third-order valence-electron chi connectivity index (χ3n) is 3.30. The second kappa shape index (κ2) is 7.38. The van der Waals surface area contributed by atoms with Crippen LogP contribution in [0.15, 0.2) is 36.7 Å². The van der Waals surface area contributed by atoms with E-state index in [1.54, 1.807) is 0 Å². The van der Waals surface area contributed by atoms with Gasteiger partial charge < -0.3 is 10.4 Å². The van der Waals surface area contributed by atoms with Gasteiger partial charge in [0, 0.05) is 5.56 Å². The molecule has 2 rings (SSSR count). The molecule has 0 fully saturated rings. The van der Waals surface area contributed by atoms with Gasteiger partial charge in [-0.3, -0.25) is 0 Å². The van der Waals surface area contributed by atoms with Crippen LogP contribution in [0.2, 0.25) is 5.15 Å². The van der Waals surface area contributed by atoms with Crippen molar-refractivity contribution in [2.45, 2.75) is 32.2 Å². The van der Waals surface area contributed by atoms with Crippen LogP contribution in [0.1, 0.15) is 30.9 Å². The van der Waals surface area contributed by atoms with Crippen molar-refractivity contribution in [1.29, 1.82) is 0 Å². The Morgan fingerprint density at radius 1 is 1.19 bits per heavy atom. The Balaban J connectivity index is 2.17. The first-order valence-corrected chi connectivity index (χ1v) is 7.41. The molecule has 0 radical (unpaired) electrons. The molecule has 0 bridgehead atoms. The lowest BCUT2D eigenvalue weighted by atomic mass is 10.0. The monoisotopic (exact) mass is 305 g/mol. The Hall–Kier alpha value is -1.65. The summed E-state index contributed by atoms with van der Waals surface area (Å²) in [4.78, 5) is 8.30. The summed E-state index contributed by atoms with van der Waals surface area (Å²) >= 11 is 6.16. The topological polar surface area (TPSA) is 58.0 Å². The summed E-state index contributed by atoms with van der Waals surface area (Å²) in [7, 11) is 0. The summed E-state index contributed by atoms with van der Waals surface area (Å²) in [6.07, 6.45) is 2.16. The van der Waals surface area contributed by atoms with E-state index in [-0.39, 0.29) is 18.6 Å². The van der Waals surface area contributed by atoms with Crippen molar-refractivity contribution in [2.24, 2.45) is 0 Å². The first-order chi connectivity index (χ1) is 10.1. The van der Waals surface area contributed by atoms with Crippen LogP contribution < -0.4 is 5.32 Å². The van der Waals surface area contributed by atoms with Crippen LogP contribution >= 0.6 is 11.6 Å². The van der Waals surface area contributed by atoms with Gasteiger partial charge in [-0.15, -0.1) is 0 Å². The largest absolute Gasteiger partial charge is 0.394 e. The number of aliphatic hydroxyl groups is 1. The van der Waals surface area contributed by atoms with E-state index in [4.69, 9.17) is 11.6 Å². The van der Waals surface area contributed by atoms with E-state index in [0.29, 0.717) is 11.0 Å². The van der Waals surface area contributed by atoms with Crippen molar-refractivity contribution in [3.63, 3.8) is 0 Å². The molecule has 1 unspecified atom stereocenters. The summed E-state index contributed by atoms with van der Waals surface area (Å²) in [5.41, 5.74) is 2.04. The maximum atomic E-state index is 9.61. The average Bonchev–Trinajstić information content (AvgIpc) is 2.47. The number of nitrogens with zero attached hydrogens (tertiary/aromatic N) is 2. The van der Waals surface area contributed by atoms with Gasteiger partial charge >= 0.3 is 0 Å². The number of rotatable bonds is 6. The maximum absolute atomic E-state index is 9.61. The van der Waals surface area contributed by atoms with Crippen LogP contribution in [-0.2, 0) is 6.42 Å². The first-order valence-electron chi connectivity index (χ1n) is 7.03. The molecule has 0 aliphatic heterocycles. The molecular weight excluding hydrogens is 286 g/mol. The smallest absolute Gasteiger partial charge is 0.138 e. The van der Waals surface area contributed by atoms with E-state index in [1.807, 2.05) is 44.2 Å². The van der Waals surface area contributed by atoms with Crippen LogP contribution in [0.3, 0.4) is 0 Å². The Labute approximate surface area is 130 Å². The average molecular weight is 306 g/mol. The number of benzene rings is 1. The van der Waals surface area contributed by atoms with Crippen molar-refractivity contribution in [1.82, 2.24) is 9.97 Å². The predicted molar refractivity (Wildman–Crippen MR) is 85.8 cm³/mol. The summed E-state index contributed by atoms with van der Waals surface area (Å²) in [5, 5.41) is 13.3. The van der Waals surface area contributed by atoms with E-state index in [0.717, 1.165) is 17.5 Å². The molecule has 0 saturated heterocycles. The van der Waals surface area contributed by atoms with Crippen molar-refractivity contribution < 1.29 is 5.11 Å². The Bertz CT molecular complexity index is 575. The number of hydrogen-bond donors (Lipinski definition) is 2. The minimum absolute atomic E-state index is 0.0219.